The van der Waals surface area contributed by atoms with Gasteiger partial charge in [-0.2, -0.15) is 0 Å². The summed E-state index contributed by atoms with van der Waals surface area (Å²) in [7, 11) is 2.11. The zero-order chi connectivity index (χ0) is 41.3. The third kappa shape index (κ3) is 34.2. The van der Waals surface area contributed by atoms with Crippen LogP contribution < -0.4 is 0 Å². The van der Waals surface area contributed by atoms with Crippen LogP contribution in [0.15, 0.2) is 24.3 Å². The molecule has 0 aromatic carbocycles. The van der Waals surface area contributed by atoms with Crippen molar-refractivity contribution in [3.05, 3.63) is 24.3 Å². The van der Waals surface area contributed by atoms with Crippen LogP contribution in [-0.4, -0.2) is 93.6 Å². The number of piperazine rings is 1. The Hall–Kier alpha value is -2.39. The average molecular weight is 805 g/mol. The fourth-order valence-electron chi connectivity index (χ4n) is 7.03. The zero-order valence-corrected chi connectivity index (χ0v) is 37.3. The Morgan fingerprint density at radius 1 is 0.456 bits per heavy atom. The molecule has 0 saturated carbocycles. The van der Waals surface area contributed by atoms with E-state index >= 15 is 0 Å². The molecule has 1 saturated heterocycles. The van der Waals surface area contributed by atoms with Crippen molar-refractivity contribution in [1.82, 2.24) is 9.80 Å². The minimum Gasteiger partial charge on any atom is -0.462 e. The Balaban J connectivity index is 2.28. The van der Waals surface area contributed by atoms with E-state index in [1.54, 1.807) is 0 Å². The number of ether oxygens (including phenoxy) is 4. The number of carbonyl (C=O) groups is 3. The number of hydrogen-bond acceptors (Lipinski definition) is 9. The highest BCUT2D eigenvalue weighted by atomic mass is 16.7. The van der Waals surface area contributed by atoms with E-state index in [2.05, 4.69) is 55.0 Å². The van der Waals surface area contributed by atoms with Gasteiger partial charge < -0.3 is 28.7 Å². The summed E-state index contributed by atoms with van der Waals surface area (Å²) in [6, 6.07) is 0. The molecule has 0 bridgehead atoms. The van der Waals surface area contributed by atoms with E-state index in [4.69, 9.17) is 18.9 Å². The van der Waals surface area contributed by atoms with Crippen LogP contribution >= 0.6 is 0 Å². The van der Waals surface area contributed by atoms with Crippen molar-refractivity contribution in [2.75, 3.05) is 59.6 Å². The molecule has 0 N–H and O–H groups in total. The minimum atomic E-state index is -1.78. The average Bonchev–Trinajstić information content (AvgIpc) is 3.21. The summed E-state index contributed by atoms with van der Waals surface area (Å²) in [5.74, 6) is -1.80. The maximum Gasteiger partial charge on any atom is 0.509 e. The smallest absolute Gasteiger partial charge is 0.462 e. The SMILES string of the molecule is CCCCCCCC/C=C\CCCCCCCCOC(=O)C(OC(=O)OCCCN1CCN(C)CC1)C(=O)OCCCCCCCC/C=C\CCCCCCCC. The van der Waals surface area contributed by atoms with E-state index in [-0.39, 0.29) is 19.8 Å². The van der Waals surface area contributed by atoms with E-state index in [1.165, 1.54) is 116 Å². The van der Waals surface area contributed by atoms with E-state index in [9.17, 15) is 14.4 Å². The summed E-state index contributed by atoms with van der Waals surface area (Å²) in [6.07, 6.45) is 40.4. The lowest BCUT2D eigenvalue weighted by molar-refractivity contribution is -0.170. The molecule has 0 aromatic rings. The molecule has 1 heterocycles. The fourth-order valence-corrected chi connectivity index (χ4v) is 7.03. The summed E-state index contributed by atoms with van der Waals surface area (Å²) in [4.78, 5) is 43.1. The van der Waals surface area contributed by atoms with Crippen LogP contribution in [0.25, 0.3) is 0 Å². The summed E-state index contributed by atoms with van der Waals surface area (Å²) in [5.41, 5.74) is 0. The molecule has 1 fully saturated rings. The maximum absolute atomic E-state index is 12.9. The fraction of sp³-hybridized carbons (Fsp3) is 0.854. The molecule has 0 aliphatic carbocycles. The molecule has 1 rings (SSSR count). The molecule has 332 valence electrons. The van der Waals surface area contributed by atoms with Gasteiger partial charge in [0.05, 0.1) is 19.8 Å². The highest BCUT2D eigenvalue weighted by Gasteiger charge is 2.34. The van der Waals surface area contributed by atoms with Crippen LogP contribution in [0.2, 0.25) is 0 Å². The lowest BCUT2D eigenvalue weighted by Gasteiger charge is -2.32. The third-order valence-electron chi connectivity index (χ3n) is 10.9. The second-order valence-corrected chi connectivity index (χ2v) is 16.3. The number of nitrogens with zero attached hydrogens (tertiary/aromatic N) is 2. The molecule has 57 heavy (non-hydrogen) atoms. The molecule has 1 aliphatic heterocycles. The van der Waals surface area contributed by atoms with Gasteiger partial charge in [-0.25, -0.2) is 14.4 Å². The van der Waals surface area contributed by atoms with E-state index < -0.39 is 24.2 Å². The lowest BCUT2D eigenvalue weighted by Crippen LogP contribution is -2.44. The van der Waals surface area contributed by atoms with Gasteiger partial charge in [0.1, 0.15) is 0 Å². The van der Waals surface area contributed by atoms with Crippen molar-refractivity contribution in [3.8, 4) is 0 Å². The quantitative estimate of drug-likeness (QED) is 0.0198. The number of rotatable bonds is 39. The van der Waals surface area contributed by atoms with Crippen LogP contribution in [0.1, 0.15) is 200 Å². The third-order valence-corrected chi connectivity index (χ3v) is 10.9. The van der Waals surface area contributed by atoms with Gasteiger partial charge >= 0.3 is 18.1 Å². The first-order chi connectivity index (χ1) is 28.0. The Morgan fingerprint density at radius 3 is 1.21 bits per heavy atom. The van der Waals surface area contributed by atoms with Crippen LogP contribution in [0.3, 0.4) is 0 Å². The first-order valence-corrected chi connectivity index (χ1v) is 23.9. The maximum atomic E-state index is 12.9. The highest BCUT2D eigenvalue weighted by Crippen LogP contribution is 2.13. The number of esters is 2. The summed E-state index contributed by atoms with van der Waals surface area (Å²) < 4.78 is 21.2. The van der Waals surface area contributed by atoms with Crippen LogP contribution in [-0.2, 0) is 28.5 Å². The molecule has 0 radical (unpaired) electrons. The van der Waals surface area contributed by atoms with Gasteiger partial charge in [-0.1, -0.05) is 154 Å². The van der Waals surface area contributed by atoms with Crippen molar-refractivity contribution >= 4 is 18.1 Å². The predicted octanol–water partition coefficient (Wildman–Crippen LogP) is 12.3. The van der Waals surface area contributed by atoms with E-state index in [1.807, 2.05) is 0 Å². The van der Waals surface area contributed by atoms with Crippen LogP contribution in [0.5, 0.6) is 0 Å². The number of likely N-dealkylation sites (N-methyl/N-ethyl adjacent to an activating group) is 1. The van der Waals surface area contributed by atoms with E-state index in [0.717, 1.165) is 84.1 Å². The summed E-state index contributed by atoms with van der Waals surface area (Å²) in [6.45, 7) is 9.80. The van der Waals surface area contributed by atoms with Crippen molar-refractivity contribution in [2.45, 2.75) is 206 Å². The topological polar surface area (TPSA) is 94.6 Å². The normalized spacial score (nSPS) is 13.9. The number of carbonyl (C=O) groups excluding carboxylic acids is 3. The monoisotopic (exact) mass is 805 g/mol. The Labute approximate surface area is 350 Å². The first-order valence-electron chi connectivity index (χ1n) is 23.9. The molecule has 9 heteroatoms. The molecule has 0 atom stereocenters. The van der Waals surface area contributed by atoms with Crippen molar-refractivity contribution in [2.24, 2.45) is 0 Å². The lowest BCUT2D eigenvalue weighted by atomic mass is 10.1. The Kier molecular flexibility index (Phi) is 37.3. The van der Waals surface area contributed by atoms with Gasteiger partial charge in [-0.05, 0) is 77.7 Å². The predicted molar refractivity (Wildman–Crippen MR) is 236 cm³/mol. The molecule has 9 nitrogen and oxygen atoms in total. The second kappa shape index (κ2) is 40.4. The molecule has 0 unspecified atom stereocenters. The van der Waals surface area contributed by atoms with Crippen molar-refractivity contribution < 1.29 is 33.3 Å². The van der Waals surface area contributed by atoms with Crippen molar-refractivity contribution in [1.29, 1.82) is 0 Å². The minimum absolute atomic E-state index is 0.146. The molecular formula is C48H88N2O7. The van der Waals surface area contributed by atoms with Gasteiger partial charge in [-0.15, -0.1) is 0 Å². The Bertz CT molecular complexity index is 939. The summed E-state index contributed by atoms with van der Waals surface area (Å²) >= 11 is 0. The van der Waals surface area contributed by atoms with Gasteiger partial charge in [0.25, 0.3) is 6.10 Å². The number of unbranched alkanes of at least 4 members (excludes halogenated alkanes) is 24. The van der Waals surface area contributed by atoms with Gasteiger partial charge in [0.2, 0.25) is 0 Å². The number of hydrogen-bond donors (Lipinski definition) is 0. The van der Waals surface area contributed by atoms with Crippen LogP contribution in [0, 0.1) is 0 Å². The molecule has 0 spiro atoms. The van der Waals surface area contributed by atoms with Gasteiger partial charge in [0.15, 0.2) is 0 Å². The molecule has 0 amide bonds. The highest BCUT2D eigenvalue weighted by molar-refractivity contribution is 5.99. The Morgan fingerprint density at radius 2 is 0.807 bits per heavy atom. The van der Waals surface area contributed by atoms with Crippen LogP contribution in [0.4, 0.5) is 4.79 Å². The number of allylic oxidation sites excluding steroid dienone is 4. The molecule has 0 aromatic heterocycles. The standard InChI is InChI=1S/C48H88N2O7/c1-4-6-8-10-12-14-16-18-20-22-24-26-28-30-32-34-42-54-46(51)45(57-48(53)56-44-36-37-50-40-38-49(3)39-41-50)47(52)55-43-35-33-31-29-27-25-23-21-19-17-15-13-11-9-7-5-2/h18-21,45H,4-17,22-44H2,1-3H3/b20-18-,21-19-. The molecular weight excluding hydrogens is 717 g/mol. The van der Waals surface area contributed by atoms with Crippen molar-refractivity contribution in [3.63, 3.8) is 0 Å². The summed E-state index contributed by atoms with van der Waals surface area (Å²) in [5, 5.41) is 0. The first kappa shape index (κ1) is 52.6. The van der Waals surface area contributed by atoms with E-state index in [0.29, 0.717) is 19.3 Å². The van der Waals surface area contributed by atoms with Gasteiger partial charge in [0, 0.05) is 32.7 Å². The second-order valence-electron chi connectivity index (χ2n) is 16.3. The molecule has 1 aliphatic rings. The zero-order valence-electron chi connectivity index (χ0n) is 37.3. The largest absolute Gasteiger partial charge is 0.509 e. The van der Waals surface area contributed by atoms with Gasteiger partial charge in [-0.3, -0.25) is 0 Å².